The molecule has 0 radical (unpaired) electrons. The Morgan fingerprint density at radius 2 is 1.71 bits per heavy atom. The van der Waals surface area contributed by atoms with Crippen LogP contribution in [0.3, 0.4) is 0 Å². The highest BCUT2D eigenvalue weighted by Crippen LogP contribution is 2.33. The lowest BCUT2D eigenvalue weighted by Gasteiger charge is -2.08. The van der Waals surface area contributed by atoms with Gasteiger partial charge in [0, 0.05) is 9.79 Å². The van der Waals surface area contributed by atoms with Gasteiger partial charge in [-0.3, -0.25) is 0 Å². The van der Waals surface area contributed by atoms with Gasteiger partial charge in [0.2, 0.25) is 0 Å². The second kappa shape index (κ2) is 5.42. The monoisotopic (exact) mass is 308 g/mol. The Morgan fingerprint density at radius 1 is 1.05 bits per heavy atom. The molecule has 1 aliphatic heterocycles. The number of halogens is 3. The molecule has 0 amide bonds. The van der Waals surface area contributed by atoms with Crippen LogP contribution in [0, 0.1) is 0 Å². The van der Waals surface area contributed by atoms with E-state index in [2.05, 4.69) is 6.07 Å². The Balaban J connectivity index is 1.80. The fourth-order valence-corrected chi connectivity index (χ4v) is 3.17. The topological polar surface area (TPSA) is 9.23 Å². The van der Waals surface area contributed by atoms with E-state index in [4.69, 9.17) is 4.65 Å². The first-order chi connectivity index (χ1) is 9.93. The maximum atomic E-state index is 12.5. The van der Waals surface area contributed by atoms with Gasteiger partial charge >= 0.3 is 13.1 Å². The first kappa shape index (κ1) is 14.5. The highest BCUT2D eigenvalue weighted by molar-refractivity contribution is 7.99. The zero-order valence-electron chi connectivity index (χ0n) is 11.3. The fourth-order valence-electron chi connectivity index (χ4n) is 2.30. The predicted molar refractivity (Wildman–Crippen MR) is 78.1 cm³/mol. The van der Waals surface area contributed by atoms with E-state index in [0.29, 0.717) is 6.61 Å². The van der Waals surface area contributed by atoms with Crippen LogP contribution in [0.15, 0.2) is 52.3 Å². The van der Waals surface area contributed by atoms with Crippen molar-refractivity contribution in [3.63, 3.8) is 0 Å². The molecule has 108 valence electrons. The second-order valence-corrected chi connectivity index (χ2v) is 6.08. The molecule has 0 saturated heterocycles. The van der Waals surface area contributed by atoms with Gasteiger partial charge in [-0.05, 0) is 41.4 Å². The largest absolute Gasteiger partial charge is 0.427 e. The quantitative estimate of drug-likeness (QED) is 0.768. The summed E-state index contributed by atoms with van der Waals surface area (Å²) in [5.74, 6) is 0. The molecule has 0 bridgehead atoms. The lowest BCUT2D eigenvalue weighted by Crippen LogP contribution is -2.24. The van der Waals surface area contributed by atoms with Gasteiger partial charge in [0.1, 0.15) is 0 Å². The summed E-state index contributed by atoms with van der Waals surface area (Å²) in [5.41, 5.74) is 1.72. The Kier molecular flexibility index (Phi) is 3.76. The summed E-state index contributed by atoms with van der Waals surface area (Å²) in [6.07, 6.45) is -4.29. The molecule has 0 spiro atoms. The first-order valence-electron chi connectivity index (χ1n) is 6.53. The van der Waals surface area contributed by atoms with E-state index in [-0.39, 0.29) is 6.92 Å². The van der Waals surface area contributed by atoms with E-state index < -0.39 is 11.7 Å². The SMILES string of the molecule is CB1OCc2ccc(Sc3ccc(C(F)(F)F)cc3)cc21. The van der Waals surface area contributed by atoms with Crippen LogP contribution >= 0.6 is 11.8 Å². The molecular formula is C15H12BF3OS. The summed E-state index contributed by atoms with van der Waals surface area (Å²) in [6, 6.07) is 11.3. The van der Waals surface area contributed by atoms with Crippen LogP contribution in [-0.2, 0) is 17.4 Å². The normalized spacial score (nSPS) is 14.4. The Morgan fingerprint density at radius 3 is 2.38 bits per heavy atom. The fraction of sp³-hybridized carbons (Fsp3) is 0.200. The van der Waals surface area contributed by atoms with Gasteiger partial charge in [0.15, 0.2) is 0 Å². The summed E-state index contributed by atoms with van der Waals surface area (Å²) in [4.78, 5) is 1.79. The van der Waals surface area contributed by atoms with E-state index in [9.17, 15) is 13.2 Å². The van der Waals surface area contributed by atoms with Gasteiger partial charge in [-0.15, -0.1) is 0 Å². The van der Waals surface area contributed by atoms with Crippen molar-refractivity contribution in [1.82, 2.24) is 0 Å². The summed E-state index contributed by atoms with van der Waals surface area (Å²) in [5, 5.41) is 0. The minimum absolute atomic E-state index is 0.0770. The van der Waals surface area contributed by atoms with Gasteiger partial charge in [-0.2, -0.15) is 13.2 Å². The van der Waals surface area contributed by atoms with Gasteiger partial charge in [-0.1, -0.05) is 30.7 Å². The number of benzene rings is 2. The molecule has 0 atom stereocenters. The maximum Gasteiger partial charge on any atom is 0.416 e. The van der Waals surface area contributed by atoms with E-state index in [1.54, 1.807) is 0 Å². The Hall–Kier alpha value is -1.40. The second-order valence-electron chi connectivity index (χ2n) is 4.94. The van der Waals surface area contributed by atoms with Gasteiger partial charge in [0.05, 0.1) is 12.2 Å². The Labute approximate surface area is 125 Å². The molecule has 0 aliphatic carbocycles. The number of rotatable bonds is 2. The van der Waals surface area contributed by atoms with Crippen molar-refractivity contribution in [1.29, 1.82) is 0 Å². The maximum absolute atomic E-state index is 12.5. The number of alkyl halides is 3. The minimum Gasteiger partial charge on any atom is -0.427 e. The molecule has 0 saturated carbocycles. The highest BCUT2D eigenvalue weighted by Gasteiger charge is 2.30. The van der Waals surface area contributed by atoms with Crippen molar-refractivity contribution >= 4 is 24.1 Å². The van der Waals surface area contributed by atoms with E-state index in [1.165, 1.54) is 29.5 Å². The van der Waals surface area contributed by atoms with E-state index in [1.807, 2.05) is 19.0 Å². The van der Waals surface area contributed by atoms with Crippen molar-refractivity contribution in [3.8, 4) is 0 Å². The van der Waals surface area contributed by atoms with Gasteiger partial charge < -0.3 is 4.65 Å². The molecule has 21 heavy (non-hydrogen) atoms. The molecule has 6 heteroatoms. The van der Waals surface area contributed by atoms with E-state index in [0.717, 1.165) is 27.4 Å². The summed E-state index contributed by atoms with van der Waals surface area (Å²) < 4.78 is 43.1. The molecule has 0 unspecified atom stereocenters. The standard InChI is InChI=1S/C15H12BF3OS/c1-16-14-8-13(5-2-10(14)9-20-16)21-12-6-3-11(4-7-12)15(17,18)19/h2-8H,9H2,1H3. The lowest BCUT2D eigenvalue weighted by molar-refractivity contribution is -0.137. The van der Waals surface area contributed by atoms with Crippen molar-refractivity contribution in [2.45, 2.75) is 29.4 Å². The van der Waals surface area contributed by atoms with Crippen LogP contribution in [0.25, 0.3) is 0 Å². The van der Waals surface area contributed by atoms with Crippen LogP contribution in [0.5, 0.6) is 0 Å². The van der Waals surface area contributed by atoms with Crippen molar-refractivity contribution in [2.24, 2.45) is 0 Å². The lowest BCUT2D eigenvalue weighted by atomic mass is 9.64. The molecule has 1 heterocycles. The number of hydrogen-bond donors (Lipinski definition) is 0. The van der Waals surface area contributed by atoms with Crippen LogP contribution in [0.1, 0.15) is 11.1 Å². The molecular weight excluding hydrogens is 296 g/mol. The minimum atomic E-state index is -4.29. The van der Waals surface area contributed by atoms with Crippen LogP contribution in [0.2, 0.25) is 6.82 Å². The van der Waals surface area contributed by atoms with Gasteiger partial charge in [-0.25, -0.2) is 0 Å². The van der Waals surface area contributed by atoms with Gasteiger partial charge in [0.25, 0.3) is 0 Å². The molecule has 1 nitrogen and oxygen atoms in total. The summed E-state index contributed by atoms with van der Waals surface area (Å²) >= 11 is 1.45. The third kappa shape index (κ3) is 3.11. The molecule has 1 aliphatic rings. The molecule has 0 fully saturated rings. The van der Waals surface area contributed by atoms with Crippen molar-refractivity contribution < 1.29 is 17.8 Å². The van der Waals surface area contributed by atoms with E-state index >= 15 is 0 Å². The predicted octanol–water partition coefficient (Wildman–Crippen LogP) is 4.22. The Bertz CT molecular complexity index is 655. The van der Waals surface area contributed by atoms with Crippen LogP contribution < -0.4 is 5.46 Å². The average Bonchev–Trinajstić information content (AvgIpc) is 2.80. The number of hydrogen-bond acceptors (Lipinski definition) is 2. The smallest absolute Gasteiger partial charge is 0.416 e. The van der Waals surface area contributed by atoms with Crippen LogP contribution in [-0.4, -0.2) is 6.92 Å². The molecule has 0 aromatic heterocycles. The third-order valence-corrected chi connectivity index (χ3v) is 4.46. The molecule has 2 aromatic rings. The zero-order chi connectivity index (χ0) is 15.0. The highest BCUT2D eigenvalue weighted by atomic mass is 32.2. The van der Waals surface area contributed by atoms with Crippen LogP contribution in [0.4, 0.5) is 13.2 Å². The van der Waals surface area contributed by atoms with Crippen molar-refractivity contribution in [3.05, 3.63) is 53.6 Å². The summed E-state index contributed by atoms with van der Waals surface area (Å²) in [7, 11) is 0. The zero-order valence-corrected chi connectivity index (χ0v) is 12.1. The first-order valence-corrected chi connectivity index (χ1v) is 7.35. The molecule has 3 rings (SSSR count). The molecule has 0 N–H and O–H groups in total. The van der Waals surface area contributed by atoms with Crippen molar-refractivity contribution in [2.75, 3.05) is 0 Å². The third-order valence-electron chi connectivity index (χ3n) is 3.46. The average molecular weight is 308 g/mol. The summed E-state index contributed by atoms with van der Waals surface area (Å²) in [6.45, 7) is 2.70. The number of fused-ring (bicyclic) bond motifs is 1. The molecule has 2 aromatic carbocycles.